The molecule has 1 aromatic heterocycles. The molecule has 0 spiro atoms. The van der Waals surface area contributed by atoms with Crippen molar-refractivity contribution in [3.05, 3.63) is 29.6 Å². The fraction of sp³-hybridized carbons (Fsp3) is 0.500. The SMILES string of the molecule is N#CCCc1ncccc1C(=O)N1CCCC1CO. The molecule has 0 aromatic carbocycles. The molecule has 5 nitrogen and oxygen atoms in total. The van der Waals surface area contributed by atoms with Crippen molar-refractivity contribution in [2.75, 3.05) is 13.2 Å². The second-order valence-electron chi connectivity index (χ2n) is 4.63. The predicted molar refractivity (Wildman–Crippen MR) is 69.3 cm³/mol. The van der Waals surface area contributed by atoms with Gasteiger partial charge in [-0.3, -0.25) is 9.78 Å². The summed E-state index contributed by atoms with van der Waals surface area (Å²) in [4.78, 5) is 18.4. The third kappa shape index (κ3) is 2.91. The fourth-order valence-corrected chi connectivity index (χ4v) is 2.45. The lowest BCUT2D eigenvalue weighted by atomic mass is 10.1. The lowest BCUT2D eigenvalue weighted by Crippen LogP contribution is -2.38. The van der Waals surface area contributed by atoms with Gasteiger partial charge in [-0.15, -0.1) is 0 Å². The van der Waals surface area contributed by atoms with Gasteiger partial charge in [-0.05, 0) is 25.0 Å². The smallest absolute Gasteiger partial charge is 0.256 e. The maximum absolute atomic E-state index is 12.5. The molecule has 1 aliphatic heterocycles. The van der Waals surface area contributed by atoms with Crippen molar-refractivity contribution in [3.63, 3.8) is 0 Å². The number of rotatable bonds is 4. The molecule has 0 radical (unpaired) electrons. The Balaban J connectivity index is 2.21. The molecule has 100 valence electrons. The summed E-state index contributed by atoms with van der Waals surface area (Å²) in [6, 6.07) is 5.45. The minimum Gasteiger partial charge on any atom is -0.394 e. The van der Waals surface area contributed by atoms with E-state index in [1.807, 2.05) is 0 Å². The highest BCUT2D eigenvalue weighted by Gasteiger charge is 2.29. The van der Waals surface area contributed by atoms with Gasteiger partial charge in [0.1, 0.15) is 0 Å². The number of hydrogen-bond donors (Lipinski definition) is 1. The summed E-state index contributed by atoms with van der Waals surface area (Å²) in [5.41, 5.74) is 1.22. The van der Waals surface area contributed by atoms with Crippen molar-refractivity contribution in [1.82, 2.24) is 9.88 Å². The van der Waals surface area contributed by atoms with Gasteiger partial charge in [-0.2, -0.15) is 5.26 Å². The standard InChI is InChI=1S/C14H17N3O2/c15-7-1-6-13-12(5-2-8-16-13)14(19)17-9-3-4-11(17)10-18/h2,5,8,11,18H,1,3-4,6,9-10H2. The number of carbonyl (C=O) groups is 1. The number of aliphatic hydroxyl groups excluding tert-OH is 1. The van der Waals surface area contributed by atoms with Crippen LogP contribution in [0.25, 0.3) is 0 Å². The third-order valence-electron chi connectivity index (χ3n) is 3.44. The molecule has 2 rings (SSSR count). The molecule has 2 heterocycles. The second kappa shape index (κ2) is 6.30. The summed E-state index contributed by atoms with van der Waals surface area (Å²) in [5, 5.41) is 17.9. The summed E-state index contributed by atoms with van der Waals surface area (Å²) >= 11 is 0. The number of likely N-dealkylation sites (tertiary alicyclic amines) is 1. The number of aliphatic hydroxyl groups is 1. The highest BCUT2D eigenvalue weighted by Crippen LogP contribution is 2.21. The van der Waals surface area contributed by atoms with E-state index in [-0.39, 0.29) is 18.6 Å². The van der Waals surface area contributed by atoms with Gasteiger partial charge >= 0.3 is 0 Å². The Labute approximate surface area is 112 Å². The van der Waals surface area contributed by atoms with Crippen molar-refractivity contribution in [1.29, 1.82) is 5.26 Å². The zero-order chi connectivity index (χ0) is 13.7. The Hall–Kier alpha value is -1.93. The van der Waals surface area contributed by atoms with Gasteiger partial charge in [0, 0.05) is 25.6 Å². The molecule has 0 aliphatic carbocycles. The Morgan fingerprint density at radius 3 is 3.21 bits per heavy atom. The number of carbonyl (C=O) groups excluding carboxylic acids is 1. The minimum atomic E-state index is -0.0866. The van der Waals surface area contributed by atoms with Crippen LogP contribution in [0.5, 0.6) is 0 Å². The molecule has 1 unspecified atom stereocenters. The van der Waals surface area contributed by atoms with Gasteiger partial charge in [0.05, 0.1) is 30.0 Å². The van der Waals surface area contributed by atoms with Crippen LogP contribution in [-0.4, -0.2) is 40.1 Å². The van der Waals surface area contributed by atoms with E-state index in [0.717, 1.165) is 12.8 Å². The Bertz CT molecular complexity index is 496. The van der Waals surface area contributed by atoms with Crippen LogP contribution in [-0.2, 0) is 6.42 Å². The second-order valence-corrected chi connectivity index (χ2v) is 4.63. The van der Waals surface area contributed by atoms with Gasteiger partial charge in [0.2, 0.25) is 0 Å². The Morgan fingerprint density at radius 1 is 1.63 bits per heavy atom. The average Bonchev–Trinajstić information content (AvgIpc) is 2.93. The molecule has 1 aliphatic rings. The number of aryl methyl sites for hydroxylation is 1. The van der Waals surface area contributed by atoms with Gasteiger partial charge in [0.15, 0.2) is 0 Å². The van der Waals surface area contributed by atoms with Crippen molar-refractivity contribution in [2.24, 2.45) is 0 Å². The van der Waals surface area contributed by atoms with E-state index < -0.39 is 0 Å². The topological polar surface area (TPSA) is 77.2 Å². The molecule has 1 N–H and O–H groups in total. The van der Waals surface area contributed by atoms with Gasteiger partial charge < -0.3 is 10.0 Å². The molecule has 19 heavy (non-hydrogen) atoms. The van der Waals surface area contributed by atoms with Gasteiger partial charge in [0.25, 0.3) is 5.91 Å². The molecule has 0 saturated carbocycles. The van der Waals surface area contributed by atoms with E-state index in [2.05, 4.69) is 11.1 Å². The summed E-state index contributed by atoms with van der Waals surface area (Å²) in [6.07, 6.45) is 4.23. The zero-order valence-electron chi connectivity index (χ0n) is 10.7. The number of aromatic nitrogens is 1. The number of amides is 1. The fourth-order valence-electron chi connectivity index (χ4n) is 2.45. The summed E-state index contributed by atoms with van der Waals surface area (Å²) in [6.45, 7) is 0.677. The van der Waals surface area contributed by atoms with Crippen molar-refractivity contribution in [3.8, 4) is 6.07 Å². The number of hydrogen-bond acceptors (Lipinski definition) is 4. The van der Waals surface area contributed by atoms with E-state index in [0.29, 0.717) is 30.6 Å². The van der Waals surface area contributed by atoms with E-state index in [1.54, 1.807) is 23.2 Å². The average molecular weight is 259 g/mol. The summed E-state index contributed by atoms with van der Waals surface area (Å²) in [7, 11) is 0. The molecular weight excluding hydrogens is 242 g/mol. The van der Waals surface area contributed by atoms with Gasteiger partial charge in [-0.1, -0.05) is 0 Å². The normalized spacial score (nSPS) is 18.3. The maximum atomic E-state index is 12.5. The monoisotopic (exact) mass is 259 g/mol. The van der Waals surface area contributed by atoms with Crippen LogP contribution in [0.2, 0.25) is 0 Å². The number of nitrogens with zero attached hydrogens (tertiary/aromatic N) is 3. The van der Waals surface area contributed by atoms with E-state index in [4.69, 9.17) is 5.26 Å². The van der Waals surface area contributed by atoms with Crippen LogP contribution in [0.4, 0.5) is 0 Å². The maximum Gasteiger partial charge on any atom is 0.256 e. The predicted octanol–water partition coefficient (Wildman–Crippen LogP) is 1.13. The Morgan fingerprint density at radius 2 is 2.47 bits per heavy atom. The van der Waals surface area contributed by atoms with Crippen LogP contribution < -0.4 is 0 Å². The Kier molecular flexibility index (Phi) is 4.48. The molecule has 1 aromatic rings. The molecular formula is C14H17N3O2. The molecule has 5 heteroatoms. The van der Waals surface area contributed by atoms with Gasteiger partial charge in [-0.25, -0.2) is 0 Å². The molecule has 1 saturated heterocycles. The molecule has 0 bridgehead atoms. The van der Waals surface area contributed by atoms with Crippen LogP contribution in [0.3, 0.4) is 0 Å². The van der Waals surface area contributed by atoms with Crippen molar-refractivity contribution in [2.45, 2.75) is 31.7 Å². The largest absolute Gasteiger partial charge is 0.394 e. The molecule has 1 atom stereocenters. The first-order chi connectivity index (χ1) is 9.27. The van der Waals surface area contributed by atoms with E-state index in [1.165, 1.54) is 0 Å². The highest BCUT2D eigenvalue weighted by molar-refractivity contribution is 5.95. The number of pyridine rings is 1. The van der Waals surface area contributed by atoms with Crippen LogP contribution in [0.1, 0.15) is 35.3 Å². The summed E-state index contributed by atoms with van der Waals surface area (Å²) in [5.74, 6) is -0.0856. The first-order valence-corrected chi connectivity index (χ1v) is 6.50. The van der Waals surface area contributed by atoms with Crippen LogP contribution in [0, 0.1) is 11.3 Å². The zero-order valence-corrected chi connectivity index (χ0v) is 10.7. The van der Waals surface area contributed by atoms with Crippen molar-refractivity contribution >= 4 is 5.91 Å². The minimum absolute atomic E-state index is 0.000465. The quantitative estimate of drug-likeness (QED) is 0.879. The lowest BCUT2D eigenvalue weighted by molar-refractivity contribution is 0.0676. The first kappa shape index (κ1) is 13.5. The van der Waals surface area contributed by atoms with Crippen LogP contribution in [0.15, 0.2) is 18.3 Å². The van der Waals surface area contributed by atoms with E-state index >= 15 is 0 Å². The molecule has 1 fully saturated rings. The lowest BCUT2D eigenvalue weighted by Gasteiger charge is -2.23. The summed E-state index contributed by atoms with van der Waals surface area (Å²) < 4.78 is 0. The highest BCUT2D eigenvalue weighted by atomic mass is 16.3. The van der Waals surface area contributed by atoms with E-state index in [9.17, 15) is 9.90 Å². The number of nitriles is 1. The first-order valence-electron chi connectivity index (χ1n) is 6.50. The third-order valence-corrected chi connectivity index (χ3v) is 3.44. The molecule has 1 amide bonds. The van der Waals surface area contributed by atoms with Crippen molar-refractivity contribution < 1.29 is 9.90 Å². The van der Waals surface area contributed by atoms with Crippen LogP contribution >= 0.6 is 0 Å².